The lowest BCUT2D eigenvalue weighted by Gasteiger charge is -2.52. The number of hydrogen-bond donors (Lipinski definition) is 1. The lowest BCUT2D eigenvalue weighted by Crippen LogP contribution is -2.61. The molecule has 16 heavy (non-hydrogen) atoms. The van der Waals surface area contributed by atoms with Gasteiger partial charge in [-0.1, -0.05) is 27.7 Å². The van der Waals surface area contributed by atoms with Crippen molar-refractivity contribution in [3.63, 3.8) is 0 Å². The molecule has 0 bridgehead atoms. The van der Waals surface area contributed by atoms with E-state index in [4.69, 9.17) is 11.2 Å². The fraction of sp³-hybridized carbons (Fsp3) is 0.857. The van der Waals surface area contributed by atoms with Gasteiger partial charge in [0.05, 0.1) is 6.10 Å². The molecular formula is C14H25NO. The average molecular weight is 223 g/mol. The zero-order chi connectivity index (χ0) is 12.2. The van der Waals surface area contributed by atoms with E-state index < -0.39 is 0 Å². The highest BCUT2D eigenvalue weighted by molar-refractivity contribution is 5.03. The summed E-state index contributed by atoms with van der Waals surface area (Å²) in [5.41, 5.74) is 0.240. The van der Waals surface area contributed by atoms with Crippen LogP contribution in [0.15, 0.2) is 0 Å². The summed E-state index contributed by atoms with van der Waals surface area (Å²) in [7, 11) is 0. The van der Waals surface area contributed by atoms with Crippen LogP contribution in [0.1, 0.15) is 40.5 Å². The fourth-order valence-corrected chi connectivity index (χ4v) is 2.14. The molecule has 92 valence electrons. The maximum absolute atomic E-state index is 5.91. The second kappa shape index (κ2) is 5.70. The van der Waals surface area contributed by atoms with E-state index in [1.54, 1.807) is 0 Å². The van der Waals surface area contributed by atoms with Crippen molar-refractivity contribution >= 4 is 0 Å². The molecule has 2 nitrogen and oxygen atoms in total. The lowest BCUT2D eigenvalue weighted by molar-refractivity contribution is -0.123. The van der Waals surface area contributed by atoms with Gasteiger partial charge in [0.2, 0.25) is 0 Å². The second-order valence-corrected chi connectivity index (χ2v) is 5.73. The van der Waals surface area contributed by atoms with Crippen LogP contribution in [-0.2, 0) is 4.74 Å². The Morgan fingerprint density at radius 1 is 1.50 bits per heavy atom. The van der Waals surface area contributed by atoms with Crippen LogP contribution in [-0.4, -0.2) is 25.3 Å². The van der Waals surface area contributed by atoms with E-state index in [-0.39, 0.29) is 5.41 Å². The number of ether oxygens (including phenoxy) is 1. The molecule has 0 aromatic carbocycles. The van der Waals surface area contributed by atoms with Crippen molar-refractivity contribution in [2.75, 3.05) is 13.2 Å². The molecular weight excluding hydrogens is 198 g/mol. The molecule has 0 heterocycles. The summed E-state index contributed by atoms with van der Waals surface area (Å²) in [5, 5.41) is 3.51. The molecule has 1 aliphatic rings. The summed E-state index contributed by atoms with van der Waals surface area (Å²) in [4.78, 5) is 0. The molecule has 1 saturated carbocycles. The molecule has 1 N–H and O–H groups in total. The van der Waals surface area contributed by atoms with Crippen LogP contribution in [0, 0.1) is 23.7 Å². The van der Waals surface area contributed by atoms with Crippen LogP contribution in [0.3, 0.4) is 0 Å². The number of nitrogens with one attached hydrogen (secondary N) is 1. The van der Waals surface area contributed by atoms with Crippen molar-refractivity contribution in [1.82, 2.24) is 5.32 Å². The third kappa shape index (κ3) is 3.23. The number of hydrogen-bond acceptors (Lipinski definition) is 2. The van der Waals surface area contributed by atoms with E-state index in [0.717, 1.165) is 26.0 Å². The Balaban J connectivity index is 2.27. The van der Waals surface area contributed by atoms with Gasteiger partial charge in [0.25, 0.3) is 0 Å². The van der Waals surface area contributed by atoms with Gasteiger partial charge >= 0.3 is 0 Å². The minimum Gasteiger partial charge on any atom is -0.377 e. The summed E-state index contributed by atoms with van der Waals surface area (Å²) >= 11 is 0. The standard InChI is InChI=1S/C14H25NO/c1-6-7-8-15-12-9-13(14(12,4)5)16-10-11(2)3/h1,11-13,15H,7-10H2,2-5H3. The maximum atomic E-state index is 5.91. The molecule has 0 saturated heterocycles. The highest BCUT2D eigenvalue weighted by atomic mass is 16.5. The van der Waals surface area contributed by atoms with Crippen LogP contribution in [0.5, 0.6) is 0 Å². The van der Waals surface area contributed by atoms with Crippen molar-refractivity contribution < 1.29 is 4.74 Å². The molecule has 0 radical (unpaired) electrons. The Morgan fingerprint density at radius 3 is 2.69 bits per heavy atom. The summed E-state index contributed by atoms with van der Waals surface area (Å²) in [6.07, 6.45) is 7.56. The number of rotatable bonds is 6. The van der Waals surface area contributed by atoms with Gasteiger partial charge in [-0.2, -0.15) is 0 Å². The molecule has 1 fully saturated rings. The minimum atomic E-state index is 0.240. The predicted molar refractivity (Wildman–Crippen MR) is 68.2 cm³/mol. The lowest BCUT2D eigenvalue weighted by atomic mass is 9.64. The maximum Gasteiger partial charge on any atom is 0.0656 e. The molecule has 2 unspecified atom stereocenters. The van der Waals surface area contributed by atoms with Crippen LogP contribution in [0.2, 0.25) is 0 Å². The van der Waals surface area contributed by atoms with Gasteiger partial charge in [-0.3, -0.25) is 0 Å². The SMILES string of the molecule is C#CCCNC1CC(OCC(C)C)C1(C)C. The van der Waals surface area contributed by atoms with Crippen molar-refractivity contribution in [1.29, 1.82) is 0 Å². The molecule has 2 atom stereocenters. The summed E-state index contributed by atoms with van der Waals surface area (Å²) < 4.78 is 5.91. The third-order valence-corrected chi connectivity index (χ3v) is 3.47. The first-order valence-corrected chi connectivity index (χ1v) is 6.27. The summed E-state index contributed by atoms with van der Waals surface area (Å²) in [5.74, 6) is 3.27. The molecule has 0 aromatic rings. The molecule has 1 aliphatic carbocycles. The highest BCUT2D eigenvalue weighted by Gasteiger charge is 2.48. The van der Waals surface area contributed by atoms with Gasteiger partial charge in [-0.25, -0.2) is 0 Å². The van der Waals surface area contributed by atoms with Crippen molar-refractivity contribution in [2.24, 2.45) is 11.3 Å². The smallest absolute Gasteiger partial charge is 0.0656 e. The molecule has 2 heteroatoms. The highest BCUT2D eigenvalue weighted by Crippen LogP contribution is 2.42. The Labute approximate surface area is 100 Å². The fourth-order valence-electron chi connectivity index (χ4n) is 2.14. The Bertz CT molecular complexity index is 252. The Hall–Kier alpha value is -0.520. The Morgan fingerprint density at radius 2 is 2.19 bits per heavy atom. The van der Waals surface area contributed by atoms with E-state index in [1.807, 2.05) is 0 Å². The van der Waals surface area contributed by atoms with Crippen molar-refractivity contribution in [2.45, 2.75) is 52.7 Å². The summed E-state index contributed by atoms with van der Waals surface area (Å²) in [6, 6.07) is 0.554. The second-order valence-electron chi connectivity index (χ2n) is 5.73. The van der Waals surface area contributed by atoms with Gasteiger partial charge in [-0.15, -0.1) is 12.3 Å². The average Bonchev–Trinajstić information content (AvgIpc) is 2.20. The zero-order valence-corrected chi connectivity index (χ0v) is 11.0. The minimum absolute atomic E-state index is 0.240. The first-order chi connectivity index (χ1) is 7.48. The van der Waals surface area contributed by atoms with Gasteiger partial charge < -0.3 is 10.1 Å². The third-order valence-electron chi connectivity index (χ3n) is 3.47. The summed E-state index contributed by atoms with van der Waals surface area (Å²) in [6.45, 7) is 10.7. The predicted octanol–water partition coefficient (Wildman–Crippen LogP) is 2.44. The zero-order valence-electron chi connectivity index (χ0n) is 11.0. The molecule has 1 rings (SSSR count). The van der Waals surface area contributed by atoms with E-state index in [2.05, 4.69) is 38.9 Å². The normalized spacial score (nSPS) is 27.5. The van der Waals surface area contributed by atoms with E-state index in [1.165, 1.54) is 0 Å². The first kappa shape index (κ1) is 13.5. The molecule has 0 amide bonds. The van der Waals surface area contributed by atoms with E-state index in [9.17, 15) is 0 Å². The van der Waals surface area contributed by atoms with E-state index in [0.29, 0.717) is 18.1 Å². The van der Waals surface area contributed by atoms with Gasteiger partial charge in [0.15, 0.2) is 0 Å². The van der Waals surface area contributed by atoms with Crippen LogP contribution in [0.25, 0.3) is 0 Å². The van der Waals surface area contributed by atoms with Crippen LogP contribution in [0.4, 0.5) is 0 Å². The van der Waals surface area contributed by atoms with Gasteiger partial charge in [-0.05, 0) is 12.3 Å². The number of terminal acetylenes is 1. The quantitative estimate of drug-likeness (QED) is 0.551. The van der Waals surface area contributed by atoms with Crippen molar-refractivity contribution in [3.8, 4) is 12.3 Å². The topological polar surface area (TPSA) is 21.3 Å². The monoisotopic (exact) mass is 223 g/mol. The first-order valence-electron chi connectivity index (χ1n) is 6.27. The Kier molecular flexibility index (Phi) is 4.83. The van der Waals surface area contributed by atoms with E-state index >= 15 is 0 Å². The molecule has 0 aliphatic heterocycles. The van der Waals surface area contributed by atoms with Crippen molar-refractivity contribution in [3.05, 3.63) is 0 Å². The van der Waals surface area contributed by atoms with Crippen LogP contribution >= 0.6 is 0 Å². The largest absolute Gasteiger partial charge is 0.377 e. The van der Waals surface area contributed by atoms with Gasteiger partial charge in [0, 0.05) is 31.0 Å². The van der Waals surface area contributed by atoms with Gasteiger partial charge in [0.1, 0.15) is 0 Å². The van der Waals surface area contributed by atoms with Crippen LogP contribution < -0.4 is 5.32 Å². The molecule has 0 spiro atoms. The molecule has 0 aromatic heterocycles.